The van der Waals surface area contributed by atoms with E-state index < -0.39 is 23.7 Å². The fourth-order valence-corrected chi connectivity index (χ4v) is 1.12. The van der Waals surface area contributed by atoms with Gasteiger partial charge >= 0.3 is 5.97 Å². The molecule has 0 aromatic carbocycles. The van der Waals surface area contributed by atoms with Crippen LogP contribution in [-0.4, -0.2) is 18.1 Å². The van der Waals surface area contributed by atoms with Gasteiger partial charge in [-0.25, -0.2) is 18.6 Å². The molecule has 0 aliphatic heterocycles. The summed E-state index contributed by atoms with van der Waals surface area (Å²) in [7, 11) is 1.09. The van der Waals surface area contributed by atoms with Crippen molar-refractivity contribution in [1.82, 2.24) is 4.98 Å². The Morgan fingerprint density at radius 1 is 1.60 bits per heavy atom. The molecule has 82 valence electrons. The fraction of sp³-hybridized carbons (Fsp3) is 0.333. The molecule has 6 heteroatoms. The second-order valence-corrected chi connectivity index (χ2v) is 2.91. The largest absolute Gasteiger partial charge is 0.464 e. The molecule has 0 amide bonds. The van der Waals surface area contributed by atoms with Crippen molar-refractivity contribution in [2.24, 2.45) is 0 Å². The molecular formula is C9H10F2N2O2. The maximum Gasteiger partial charge on any atom is 0.357 e. The van der Waals surface area contributed by atoms with Crippen molar-refractivity contribution < 1.29 is 18.3 Å². The fourth-order valence-electron chi connectivity index (χ4n) is 1.12. The number of pyridine rings is 1. The molecule has 0 bridgehead atoms. The van der Waals surface area contributed by atoms with Gasteiger partial charge in [-0.15, -0.1) is 0 Å². The van der Waals surface area contributed by atoms with Crippen molar-refractivity contribution in [3.05, 3.63) is 23.0 Å². The minimum atomic E-state index is -2.86. The van der Waals surface area contributed by atoms with Crippen molar-refractivity contribution >= 4 is 11.7 Å². The van der Waals surface area contributed by atoms with Gasteiger partial charge in [0, 0.05) is 11.9 Å². The number of halogens is 2. The summed E-state index contributed by atoms with van der Waals surface area (Å²) in [6, 6.07) is 0. The quantitative estimate of drug-likeness (QED) is 0.764. The Morgan fingerprint density at radius 3 is 2.67 bits per heavy atom. The van der Waals surface area contributed by atoms with Gasteiger partial charge in [-0.2, -0.15) is 0 Å². The molecular weight excluding hydrogens is 206 g/mol. The van der Waals surface area contributed by atoms with Crippen LogP contribution >= 0.6 is 0 Å². The molecule has 0 radical (unpaired) electrons. The summed E-state index contributed by atoms with van der Waals surface area (Å²) in [5, 5.41) is 0. The maximum atomic E-state index is 12.6. The number of carbonyl (C=O) groups excluding carboxylic acids is 1. The lowest BCUT2D eigenvalue weighted by Crippen LogP contribution is -2.12. The van der Waals surface area contributed by atoms with Crippen molar-refractivity contribution in [1.29, 1.82) is 0 Å². The van der Waals surface area contributed by atoms with Crippen LogP contribution in [0.2, 0.25) is 0 Å². The third kappa shape index (κ3) is 2.03. The van der Waals surface area contributed by atoms with Crippen molar-refractivity contribution in [2.75, 3.05) is 12.8 Å². The second kappa shape index (κ2) is 4.20. The van der Waals surface area contributed by atoms with Crippen LogP contribution in [0, 0.1) is 6.92 Å². The first-order valence-corrected chi connectivity index (χ1v) is 4.10. The van der Waals surface area contributed by atoms with E-state index in [0.717, 1.165) is 7.11 Å². The summed E-state index contributed by atoms with van der Waals surface area (Å²) in [5.41, 5.74) is 4.72. The molecule has 0 aliphatic rings. The SMILES string of the molecule is COC(=O)c1ncc(C)c(N)c1C(F)F. The zero-order valence-corrected chi connectivity index (χ0v) is 8.25. The Labute approximate surface area is 85.1 Å². The van der Waals surface area contributed by atoms with Crippen LogP contribution in [0.15, 0.2) is 6.20 Å². The highest BCUT2D eigenvalue weighted by atomic mass is 19.3. The average Bonchev–Trinajstić information content (AvgIpc) is 2.20. The van der Waals surface area contributed by atoms with E-state index in [2.05, 4.69) is 9.72 Å². The number of nitrogens with zero attached hydrogens (tertiary/aromatic N) is 1. The van der Waals surface area contributed by atoms with E-state index >= 15 is 0 Å². The zero-order chi connectivity index (χ0) is 11.6. The number of anilines is 1. The number of carbonyl (C=O) groups is 1. The number of hydrogen-bond acceptors (Lipinski definition) is 4. The minimum Gasteiger partial charge on any atom is -0.464 e. The number of aryl methyl sites for hydroxylation is 1. The van der Waals surface area contributed by atoms with Crippen molar-refractivity contribution in [3.8, 4) is 0 Å². The second-order valence-electron chi connectivity index (χ2n) is 2.91. The first-order chi connectivity index (χ1) is 6.99. The normalized spacial score (nSPS) is 10.5. The Hall–Kier alpha value is -1.72. The number of nitrogen functional groups attached to an aromatic ring is 1. The number of nitrogens with two attached hydrogens (primary N) is 1. The van der Waals surface area contributed by atoms with Gasteiger partial charge in [0.05, 0.1) is 12.7 Å². The number of methoxy groups -OCH3 is 1. The predicted molar refractivity (Wildman–Crippen MR) is 49.7 cm³/mol. The molecule has 0 spiro atoms. The Balaban J connectivity index is 3.40. The summed E-state index contributed by atoms with van der Waals surface area (Å²) in [4.78, 5) is 14.7. The molecule has 0 fully saturated rings. The zero-order valence-electron chi connectivity index (χ0n) is 8.25. The monoisotopic (exact) mass is 216 g/mol. The Morgan fingerprint density at radius 2 is 2.20 bits per heavy atom. The third-order valence-corrected chi connectivity index (χ3v) is 1.95. The lowest BCUT2D eigenvalue weighted by atomic mass is 10.1. The van der Waals surface area contributed by atoms with Gasteiger partial charge in [-0.05, 0) is 12.5 Å². The molecule has 1 aromatic heterocycles. The molecule has 15 heavy (non-hydrogen) atoms. The molecule has 2 N–H and O–H groups in total. The van der Waals surface area contributed by atoms with Gasteiger partial charge in [0.25, 0.3) is 6.43 Å². The third-order valence-electron chi connectivity index (χ3n) is 1.95. The summed E-state index contributed by atoms with van der Waals surface area (Å²) < 4.78 is 29.6. The standard InChI is InChI=1S/C9H10F2N2O2/c1-4-3-13-7(9(14)15-2)5(6(4)12)8(10)11/h3,8H,1-2H3,(H2,12,13). The van der Waals surface area contributed by atoms with E-state index in [0.29, 0.717) is 5.56 Å². The van der Waals surface area contributed by atoms with E-state index in [1.165, 1.54) is 13.1 Å². The van der Waals surface area contributed by atoms with Gasteiger partial charge in [0.15, 0.2) is 5.69 Å². The van der Waals surface area contributed by atoms with Crippen LogP contribution in [0.4, 0.5) is 14.5 Å². The molecule has 0 saturated heterocycles. The van der Waals surface area contributed by atoms with Crippen molar-refractivity contribution in [2.45, 2.75) is 13.3 Å². The predicted octanol–water partition coefficient (Wildman–Crippen LogP) is 1.70. The summed E-state index contributed by atoms with van der Waals surface area (Å²) in [5.74, 6) is -0.919. The summed E-state index contributed by atoms with van der Waals surface area (Å²) in [6.07, 6.45) is -1.60. The van der Waals surface area contributed by atoms with Gasteiger partial charge in [0.1, 0.15) is 0 Å². The van der Waals surface area contributed by atoms with Crippen molar-refractivity contribution in [3.63, 3.8) is 0 Å². The van der Waals surface area contributed by atoms with E-state index in [1.807, 2.05) is 0 Å². The molecule has 0 unspecified atom stereocenters. The highest BCUT2D eigenvalue weighted by Gasteiger charge is 2.24. The molecule has 0 saturated carbocycles. The number of esters is 1. The van der Waals surface area contributed by atoms with E-state index in [-0.39, 0.29) is 5.69 Å². The minimum absolute atomic E-state index is 0.125. The Kier molecular flexibility index (Phi) is 3.18. The van der Waals surface area contributed by atoms with Crippen LogP contribution in [0.5, 0.6) is 0 Å². The lowest BCUT2D eigenvalue weighted by Gasteiger charge is -2.10. The van der Waals surface area contributed by atoms with E-state index in [4.69, 9.17) is 5.73 Å². The van der Waals surface area contributed by atoms with Crippen LogP contribution in [0.3, 0.4) is 0 Å². The highest BCUT2D eigenvalue weighted by Crippen LogP contribution is 2.29. The number of alkyl halides is 2. The smallest absolute Gasteiger partial charge is 0.357 e. The molecule has 0 atom stereocenters. The molecule has 1 aromatic rings. The van der Waals surface area contributed by atoms with Crippen LogP contribution < -0.4 is 5.73 Å². The molecule has 1 rings (SSSR count). The van der Waals surface area contributed by atoms with Gasteiger partial charge in [0.2, 0.25) is 0 Å². The van der Waals surface area contributed by atoms with Gasteiger partial charge < -0.3 is 10.5 Å². The summed E-state index contributed by atoms with van der Waals surface area (Å²) in [6.45, 7) is 1.54. The first kappa shape index (κ1) is 11.4. The molecule has 1 heterocycles. The van der Waals surface area contributed by atoms with Gasteiger partial charge in [-0.3, -0.25) is 0 Å². The Bertz CT molecular complexity index is 394. The topological polar surface area (TPSA) is 65.2 Å². The van der Waals surface area contributed by atoms with E-state index in [1.54, 1.807) is 0 Å². The van der Waals surface area contributed by atoms with Crippen LogP contribution in [-0.2, 0) is 4.74 Å². The maximum absolute atomic E-state index is 12.6. The molecule has 4 nitrogen and oxygen atoms in total. The van der Waals surface area contributed by atoms with Crippen LogP contribution in [0.25, 0.3) is 0 Å². The van der Waals surface area contributed by atoms with Gasteiger partial charge in [-0.1, -0.05) is 0 Å². The van der Waals surface area contributed by atoms with Crippen LogP contribution in [0.1, 0.15) is 28.0 Å². The number of ether oxygens (including phenoxy) is 1. The summed E-state index contributed by atoms with van der Waals surface area (Å²) >= 11 is 0. The number of rotatable bonds is 2. The molecule has 0 aliphatic carbocycles. The number of hydrogen-bond donors (Lipinski definition) is 1. The van der Waals surface area contributed by atoms with E-state index in [9.17, 15) is 13.6 Å². The number of aromatic nitrogens is 1. The first-order valence-electron chi connectivity index (χ1n) is 4.10. The average molecular weight is 216 g/mol. The highest BCUT2D eigenvalue weighted by molar-refractivity contribution is 5.90. The lowest BCUT2D eigenvalue weighted by molar-refractivity contribution is 0.0582.